The summed E-state index contributed by atoms with van der Waals surface area (Å²) in [4.78, 5) is 25.3. The molecule has 0 amide bonds. The van der Waals surface area contributed by atoms with Crippen LogP contribution in [0.3, 0.4) is 0 Å². The lowest BCUT2D eigenvalue weighted by atomic mass is 9.46. The summed E-state index contributed by atoms with van der Waals surface area (Å²) in [6.07, 6.45) is 4.23. The topological polar surface area (TPSA) is 95.2 Å². The number of fused-ring (bicyclic) bond motifs is 3. The zero-order valence-electron chi connectivity index (χ0n) is 19.8. The van der Waals surface area contributed by atoms with Gasteiger partial charge in [0.25, 0.3) is 0 Å². The van der Waals surface area contributed by atoms with E-state index in [1.165, 1.54) is 7.11 Å². The number of aliphatic hydroxyl groups is 1. The molecule has 0 aromatic carbocycles. The quantitative estimate of drug-likeness (QED) is 0.541. The van der Waals surface area contributed by atoms with Gasteiger partial charge in [-0.3, -0.25) is 9.59 Å². The summed E-state index contributed by atoms with van der Waals surface area (Å²) in [5.41, 5.74) is -0.139. The minimum absolute atomic E-state index is 0.0236. The number of hydrogen-bond donors (Lipinski definition) is 1. The number of cyclic esters (lactones) is 1. The summed E-state index contributed by atoms with van der Waals surface area (Å²) in [6, 6.07) is 1.84. The van der Waals surface area contributed by atoms with Crippen LogP contribution in [0.25, 0.3) is 0 Å². The maximum Gasteiger partial charge on any atom is 0.309 e. The first-order valence-electron chi connectivity index (χ1n) is 11.9. The first kappa shape index (κ1) is 22.7. The SMILES string of the molecule is C=C1[C@H]2CC[C@@]3(C)[C@H](c4ccoc4)OC(=O)C[C@]13O[C@H]1C[C@@H](O)C(C)(C)[C@H](CC(=O)OC)C12. The Morgan fingerprint density at radius 1 is 1.33 bits per heavy atom. The van der Waals surface area contributed by atoms with Crippen molar-refractivity contribution in [2.45, 2.75) is 76.8 Å². The van der Waals surface area contributed by atoms with E-state index in [0.717, 1.165) is 24.0 Å². The Morgan fingerprint density at radius 3 is 2.76 bits per heavy atom. The van der Waals surface area contributed by atoms with Crippen molar-refractivity contribution in [3.63, 3.8) is 0 Å². The Bertz CT molecular complexity index is 965. The molecule has 2 aliphatic carbocycles. The van der Waals surface area contributed by atoms with E-state index in [4.69, 9.17) is 18.6 Å². The predicted molar refractivity (Wildman–Crippen MR) is 118 cm³/mol. The van der Waals surface area contributed by atoms with E-state index in [9.17, 15) is 14.7 Å². The van der Waals surface area contributed by atoms with Crippen LogP contribution in [0, 0.1) is 28.6 Å². The minimum atomic E-state index is -0.884. The molecule has 8 atom stereocenters. The van der Waals surface area contributed by atoms with Gasteiger partial charge in [-0.1, -0.05) is 27.4 Å². The number of rotatable bonds is 3. The van der Waals surface area contributed by atoms with Crippen molar-refractivity contribution in [2.24, 2.45) is 28.6 Å². The van der Waals surface area contributed by atoms with E-state index in [2.05, 4.69) is 13.5 Å². The van der Waals surface area contributed by atoms with Crippen molar-refractivity contribution in [2.75, 3.05) is 7.11 Å². The van der Waals surface area contributed by atoms with Crippen molar-refractivity contribution in [1.82, 2.24) is 0 Å². The highest BCUT2D eigenvalue weighted by Crippen LogP contribution is 2.68. The number of carbonyl (C=O) groups excluding carboxylic acids is 2. The fourth-order valence-electron chi connectivity index (χ4n) is 7.47. The van der Waals surface area contributed by atoms with Crippen LogP contribution >= 0.6 is 0 Å². The largest absolute Gasteiger partial charge is 0.472 e. The van der Waals surface area contributed by atoms with Gasteiger partial charge >= 0.3 is 11.9 Å². The van der Waals surface area contributed by atoms with Crippen molar-refractivity contribution in [3.05, 3.63) is 36.3 Å². The highest BCUT2D eigenvalue weighted by atomic mass is 16.6. The Kier molecular flexibility index (Phi) is 5.11. The summed E-state index contributed by atoms with van der Waals surface area (Å²) in [7, 11) is 1.40. The molecule has 1 unspecified atom stereocenters. The average Bonchev–Trinajstić information content (AvgIpc) is 3.28. The molecule has 7 heteroatoms. The van der Waals surface area contributed by atoms with Crippen LogP contribution in [0.4, 0.5) is 0 Å². The standard InChI is InChI=1S/C26H34O7/c1-14-16-6-8-25(4)23(15-7-9-31-13-15)32-21(29)12-26(14,25)33-18-11-19(27)24(2,3)17(22(16)18)10-20(28)30-5/h7,9,13,16-19,22-23,27H,1,6,8,10-12H2,2-5H3/t16-,17-,18+,19-,22?,23+,25+,26+/m1/s1. The number of furan rings is 1. The van der Waals surface area contributed by atoms with Gasteiger partial charge in [-0.05, 0) is 47.6 Å². The zero-order chi connectivity index (χ0) is 23.8. The monoisotopic (exact) mass is 458 g/mol. The Labute approximate surface area is 194 Å². The molecule has 2 saturated carbocycles. The lowest BCUT2D eigenvalue weighted by molar-refractivity contribution is -0.289. The van der Waals surface area contributed by atoms with Crippen LogP contribution in [0.5, 0.6) is 0 Å². The van der Waals surface area contributed by atoms with E-state index in [1.807, 2.05) is 19.9 Å². The molecule has 5 rings (SSSR count). The summed E-state index contributed by atoms with van der Waals surface area (Å²) < 4.78 is 23.1. The van der Waals surface area contributed by atoms with E-state index < -0.39 is 28.6 Å². The molecule has 2 bridgehead atoms. The molecular formula is C26H34O7. The van der Waals surface area contributed by atoms with E-state index in [1.54, 1.807) is 12.5 Å². The van der Waals surface area contributed by atoms with Gasteiger partial charge in [-0.2, -0.15) is 0 Å². The lowest BCUT2D eigenvalue weighted by Gasteiger charge is -2.67. The molecule has 1 N–H and O–H groups in total. The third-order valence-electron chi connectivity index (χ3n) is 9.53. The smallest absolute Gasteiger partial charge is 0.309 e. The van der Waals surface area contributed by atoms with Crippen LogP contribution in [0.15, 0.2) is 35.2 Å². The molecule has 4 aliphatic rings. The molecule has 7 nitrogen and oxygen atoms in total. The number of ether oxygens (including phenoxy) is 3. The molecule has 33 heavy (non-hydrogen) atoms. The van der Waals surface area contributed by atoms with Gasteiger partial charge in [-0.15, -0.1) is 0 Å². The molecule has 3 heterocycles. The van der Waals surface area contributed by atoms with Crippen LogP contribution < -0.4 is 0 Å². The maximum absolute atomic E-state index is 12.9. The molecule has 4 fully saturated rings. The fraction of sp³-hybridized carbons (Fsp3) is 0.692. The van der Waals surface area contributed by atoms with Crippen LogP contribution in [0.2, 0.25) is 0 Å². The summed E-state index contributed by atoms with van der Waals surface area (Å²) >= 11 is 0. The maximum atomic E-state index is 12.9. The number of hydrogen-bond acceptors (Lipinski definition) is 7. The fourth-order valence-corrected chi connectivity index (χ4v) is 7.47. The van der Waals surface area contributed by atoms with Gasteiger partial charge in [0.15, 0.2) is 0 Å². The minimum Gasteiger partial charge on any atom is -0.472 e. The first-order chi connectivity index (χ1) is 15.5. The van der Waals surface area contributed by atoms with E-state index >= 15 is 0 Å². The molecule has 1 spiro atoms. The van der Waals surface area contributed by atoms with Gasteiger partial charge < -0.3 is 23.7 Å². The van der Waals surface area contributed by atoms with Crippen LogP contribution in [-0.4, -0.2) is 42.0 Å². The summed E-state index contributed by atoms with van der Waals surface area (Å²) in [5, 5.41) is 11.1. The van der Waals surface area contributed by atoms with Gasteiger partial charge in [0.05, 0.1) is 38.3 Å². The summed E-state index contributed by atoms with van der Waals surface area (Å²) in [6.45, 7) is 10.7. The number of methoxy groups -OCH3 is 1. The van der Waals surface area contributed by atoms with Gasteiger partial charge in [0, 0.05) is 23.8 Å². The normalized spacial score (nSPS) is 43.8. The Balaban J connectivity index is 1.58. The molecule has 1 aromatic rings. The third-order valence-corrected chi connectivity index (χ3v) is 9.53. The lowest BCUT2D eigenvalue weighted by Crippen LogP contribution is -2.69. The van der Waals surface area contributed by atoms with E-state index in [-0.39, 0.29) is 48.6 Å². The highest BCUT2D eigenvalue weighted by Gasteiger charge is 2.70. The molecule has 2 saturated heterocycles. The Hall–Kier alpha value is -2.12. The van der Waals surface area contributed by atoms with E-state index in [0.29, 0.717) is 6.42 Å². The second kappa shape index (κ2) is 7.44. The van der Waals surface area contributed by atoms with Crippen molar-refractivity contribution >= 4 is 11.9 Å². The second-order valence-electron chi connectivity index (χ2n) is 11.2. The molecule has 1 aromatic heterocycles. The van der Waals surface area contributed by atoms with Crippen LogP contribution in [0.1, 0.15) is 64.5 Å². The first-order valence-corrected chi connectivity index (χ1v) is 11.9. The van der Waals surface area contributed by atoms with Gasteiger partial charge in [0.1, 0.15) is 11.7 Å². The van der Waals surface area contributed by atoms with Crippen molar-refractivity contribution in [1.29, 1.82) is 0 Å². The Morgan fingerprint density at radius 2 is 2.09 bits per heavy atom. The van der Waals surface area contributed by atoms with Gasteiger partial charge in [-0.25, -0.2) is 0 Å². The third kappa shape index (κ3) is 3.01. The van der Waals surface area contributed by atoms with Crippen LogP contribution in [-0.2, 0) is 23.8 Å². The average molecular weight is 459 g/mol. The van der Waals surface area contributed by atoms with Gasteiger partial charge in [0.2, 0.25) is 0 Å². The highest BCUT2D eigenvalue weighted by molar-refractivity contribution is 5.74. The molecular weight excluding hydrogens is 424 g/mol. The predicted octanol–water partition coefficient (Wildman–Crippen LogP) is 3.96. The molecule has 2 aliphatic heterocycles. The molecule has 180 valence electrons. The zero-order valence-corrected chi connectivity index (χ0v) is 19.8. The summed E-state index contributed by atoms with van der Waals surface area (Å²) in [5.74, 6) is -0.609. The van der Waals surface area contributed by atoms with Crippen molar-refractivity contribution < 1.29 is 33.3 Å². The van der Waals surface area contributed by atoms with Crippen molar-refractivity contribution in [3.8, 4) is 0 Å². The molecule has 0 radical (unpaired) electrons. The number of aliphatic hydroxyl groups excluding tert-OH is 1. The number of carbonyl (C=O) groups is 2. The number of esters is 2. The second-order valence-corrected chi connectivity index (χ2v) is 11.2.